The lowest BCUT2D eigenvalue weighted by Crippen LogP contribution is -2.03. The minimum atomic E-state index is 0.586. The fourth-order valence-electron chi connectivity index (χ4n) is 1.64. The van der Waals surface area contributed by atoms with Gasteiger partial charge in [0.2, 0.25) is 0 Å². The number of ether oxygens (including phenoxy) is 1. The van der Waals surface area contributed by atoms with Crippen LogP contribution in [-0.4, -0.2) is 11.6 Å². The molecule has 0 radical (unpaired) electrons. The van der Waals surface area contributed by atoms with Crippen LogP contribution in [-0.2, 0) is 6.42 Å². The van der Waals surface area contributed by atoms with Crippen LogP contribution < -0.4 is 4.74 Å². The normalized spacial score (nSPS) is 9.78. The molecule has 0 atom stereocenters. The molecule has 0 amide bonds. The molecule has 0 unspecified atom stereocenters. The Balaban J connectivity index is 1.86. The molecule has 18 heavy (non-hydrogen) atoms. The van der Waals surface area contributed by atoms with Crippen molar-refractivity contribution < 1.29 is 4.74 Å². The number of aryl methyl sites for hydroxylation is 1. The van der Waals surface area contributed by atoms with Gasteiger partial charge in [0.25, 0.3) is 0 Å². The van der Waals surface area contributed by atoms with Gasteiger partial charge in [0.05, 0.1) is 18.2 Å². The smallest absolute Gasteiger partial charge is 0.119 e. The predicted octanol–water partition coefficient (Wildman–Crippen LogP) is 2.88. The van der Waals surface area contributed by atoms with E-state index in [9.17, 15) is 0 Å². The number of benzene rings is 1. The van der Waals surface area contributed by atoms with Crippen molar-refractivity contribution in [2.75, 3.05) is 6.61 Å². The predicted molar refractivity (Wildman–Crippen MR) is 69.3 cm³/mol. The summed E-state index contributed by atoms with van der Waals surface area (Å²) >= 11 is 0. The van der Waals surface area contributed by atoms with Gasteiger partial charge in [0, 0.05) is 17.8 Å². The lowest BCUT2D eigenvalue weighted by Gasteiger charge is -2.06. The highest BCUT2D eigenvalue weighted by Crippen LogP contribution is 2.11. The fraction of sp³-hybridized carbons (Fsp3) is 0.200. The van der Waals surface area contributed by atoms with Gasteiger partial charge in [0.15, 0.2) is 0 Å². The third-order valence-corrected chi connectivity index (χ3v) is 2.56. The number of hydrogen-bond donors (Lipinski definition) is 0. The topological polar surface area (TPSA) is 45.9 Å². The molecular formula is C15H14N2O. The highest BCUT2D eigenvalue weighted by molar-refractivity contribution is 5.34. The Morgan fingerprint density at radius 1 is 1.17 bits per heavy atom. The largest absolute Gasteiger partial charge is 0.493 e. The van der Waals surface area contributed by atoms with Gasteiger partial charge < -0.3 is 4.74 Å². The van der Waals surface area contributed by atoms with Crippen LogP contribution >= 0.6 is 0 Å². The van der Waals surface area contributed by atoms with Crippen molar-refractivity contribution in [3.63, 3.8) is 0 Å². The molecular weight excluding hydrogens is 224 g/mol. The first-order valence-corrected chi connectivity index (χ1v) is 5.83. The van der Waals surface area contributed by atoms with Crippen LogP contribution in [0.15, 0.2) is 42.5 Å². The molecule has 1 aromatic carbocycles. The van der Waals surface area contributed by atoms with E-state index >= 15 is 0 Å². The van der Waals surface area contributed by atoms with Gasteiger partial charge >= 0.3 is 0 Å². The number of hydrogen-bond acceptors (Lipinski definition) is 3. The van der Waals surface area contributed by atoms with Crippen molar-refractivity contribution in [3.05, 3.63) is 59.4 Å². The van der Waals surface area contributed by atoms with Crippen LogP contribution in [0.25, 0.3) is 0 Å². The first-order valence-electron chi connectivity index (χ1n) is 5.83. The van der Waals surface area contributed by atoms with Crippen molar-refractivity contribution in [2.45, 2.75) is 13.3 Å². The summed E-state index contributed by atoms with van der Waals surface area (Å²) in [5, 5.41) is 8.68. The van der Waals surface area contributed by atoms with Gasteiger partial charge in [-0.05, 0) is 43.3 Å². The third kappa shape index (κ3) is 3.33. The van der Waals surface area contributed by atoms with Crippen LogP contribution in [0.5, 0.6) is 5.75 Å². The van der Waals surface area contributed by atoms with Gasteiger partial charge in [-0.3, -0.25) is 4.98 Å². The summed E-state index contributed by atoms with van der Waals surface area (Å²) in [4.78, 5) is 4.41. The van der Waals surface area contributed by atoms with Crippen LogP contribution in [0.3, 0.4) is 0 Å². The molecule has 90 valence electrons. The van der Waals surface area contributed by atoms with Gasteiger partial charge in [-0.2, -0.15) is 5.26 Å². The summed E-state index contributed by atoms with van der Waals surface area (Å²) in [5.41, 5.74) is 2.69. The molecule has 0 saturated carbocycles. The minimum Gasteiger partial charge on any atom is -0.493 e. The highest BCUT2D eigenvalue weighted by atomic mass is 16.5. The molecule has 0 fully saturated rings. The van der Waals surface area contributed by atoms with Gasteiger partial charge in [-0.25, -0.2) is 0 Å². The van der Waals surface area contributed by atoms with E-state index in [1.165, 1.54) is 0 Å². The van der Waals surface area contributed by atoms with E-state index in [-0.39, 0.29) is 0 Å². The first-order chi connectivity index (χ1) is 8.78. The van der Waals surface area contributed by atoms with Gasteiger partial charge in [-0.15, -0.1) is 0 Å². The SMILES string of the molecule is Cc1cccc(CCOc2ccc(C#N)cc2)n1. The zero-order valence-electron chi connectivity index (χ0n) is 10.3. The van der Waals surface area contributed by atoms with Crippen LogP contribution in [0.1, 0.15) is 17.0 Å². The van der Waals surface area contributed by atoms with Crippen molar-refractivity contribution >= 4 is 0 Å². The maximum Gasteiger partial charge on any atom is 0.119 e. The molecule has 0 bridgehead atoms. The molecule has 3 nitrogen and oxygen atoms in total. The van der Waals surface area contributed by atoms with E-state index < -0.39 is 0 Å². The maximum atomic E-state index is 8.68. The van der Waals surface area contributed by atoms with E-state index in [2.05, 4.69) is 11.1 Å². The molecule has 0 spiro atoms. The second-order valence-electron chi connectivity index (χ2n) is 4.00. The molecule has 0 saturated heterocycles. The standard InChI is InChI=1S/C15H14N2O/c1-12-3-2-4-14(17-12)9-10-18-15-7-5-13(11-16)6-8-15/h2-8H,9-10H2,1H3. The quantitative estimate of drug-likeness (QED) is 0.822. The number of pyridine rings is 1. The summed E-state index contributed by atoms with van der Waals surface area (Å²) in [7, 11) is 0. The Labute approximate surface area is 107 Å². The Hall–Kier alpha value is -2.34. The molecule has 0 aliphatic rings. The van der Waals surface area contributed by atoms with Crippen LogP contribution in [0.2, 0.25) is 0 Å². The molecule has 0 aliphatic carbocycles. The molecule has 0 aliphatic heterocycles. The summed E-state index contributed by atoms with van der Waals surface area (Å²) < 4.78 is 5.60. The van der Waals surface area contributed by atoms with Crippen LogP contribution in [0.4, 0.5) is 0 Å². The average molecular weight is 238 g/mol. The summed E-state index contributed by atoms with van der Waals surface area (Å²) in [6.45, 7) is 2.56. The number of nitrogens with zero attached hydrogens (tertiary/aromatic N) is 2. The van der Waals surface area contributed by atoms with Gasteiger partial charge in [-0.1, -0.05) is 6.07 Å². The van der Waals surface area contributed by atoms with Crippen molar-refractivity contribution in [1.82, 2.24) is 4.98 Å². The molecule has 2 rings (SSSR count). The lowest BCUT2D eigenvalue weighted by atomic mass is 10.2. The molecule has 2 aromatic rings. The Kier molecular flexibility index (Phi) is 3.93. The summed E-state index contributed by atoms with van der Waals surface area (Å²) in [6.07, 6.45) is 0.779. The highest BCUT2D eigenvalue weighted by Gasteiger charge is 1.97. The number of aromatic nitrogens is 1. The van der Waals surface area contributed by atoms with E-state index in [1.807, 2.05) is 37.3 Å². The number of nitriles is 1. The summed E-state index contributed by atoms with van der Waals surface area (Å²) in [6, 6.07) is 15.2. The number of rotatable bonds is 4. The maximum absolute atomic E-state index is 8.68. The first kappa shape index (κ1) is 12.1. The zero-order chi connectivity index (χ0) is 12.8. The second kappa shape index (κ2) is 5.83. The molecule has 1 heterocycles. The molecule has 3 heteroatoms. The Bertz CT molecular complexity index is 555. The second-order valence-corrected chi connectivity index (χ2v) is 4.00. The third-order valence-electron chi connectivity index (χ3n) is 2.56. The molecule has 1 aromatic heterocycles. The van der Waals surface area contributed by atoms with Gasteiger partial charge in [0.1, 0.15) is 5.75 Å². The van der Waals surface area contributed by atoms with Crippen LogP contribution in [0, 0.1) is 18.3 Å². The summed E-state index contributed by atoms with van der Waals surface area (Å²) in [5.74, 6) is 0.779. The monoisotopic (exact) mass is 238 g/mol. The van der Waals surface area contributed by atoms with Crippen molar-refractivity contribution in [3.8, 4) is 11.8 Å². The van der Waals surface area contributed by atoms with E-state index in [0.29, 0.717) is 12.2 Å². The minimum absolute atomic E-state index is 0.586. The molecule has 0 N–H and O–H groups in total. The van der Waals surface area contributed by atoms with E-state index in [1.54, 1.807) is 12.1 Å². The van der Waals surface area contributed by atoms with Crippen molar-refractivity contribution in [2.24, 2.45) is 0 Å². The van der Waals surface area contributed by atoms with Crippen molar-refractivity contribution in [1.29, 1.82) is 5.26 Å². The average Bonchev–Trinajstić information content (AvgIpc) is 2.40. The fourth-order valence-corrected chi connectivity index (χ4v) is 1.64. The zero-order valence-corrected chi connectivity index (χ0v) is 10.3. The van der Waals surface area contributed by atoms with E-state index in [0.717, 1.165) is 23.6 Å². The Morgan fingerprint density at radius 3 is 2.61 bits per heavy atom. The van der Waals surface area contributed by atoms with E-state index in [4.69, 9.17) is 10.00 Å². The Morgan fingerprint density at radius 2 is 1.94 bits per heavy atom. The lowest BCUT2D eigenvalue weighted by molar-refractivity contribution is 0.320.